The number of hydrogen-bond donors (Lipinski definition) is 0. The molecule has 1 unspecified atom stereocenters. The predicted octanol–water partition coefficient (Wildman–Crippen LogP) is 4.32. The standard InChI is InChI=1S/C28H34FN7O/c1-5-37-17-32-28-26(19(3)30-4)34-27(22-12-23(29)14-31-13-22)36(28)15-21-6-7-25(33-18(21)2)24-16-35-10-8-20(24)9-11-35/h6-7,12-14,20,24H,4-5,8-11,15-17H2,1-3H3/b26-19+,32-28?. The van der Waals surface area contributed by atoms with Crippen LogP contribution in [0, 0.1) is 18.7 Å². The van der Waals surface area contributed by atoms with Crippen LogP contribution in [0.5, 0.6) is 0 Å². The molecule has 6 rings (SSSR count). The van der Waals surface area contributed by atoms with Crippen LogP contribution in [0.3, 0.4) is 0 Å². The van der Waals surface area contributed by atoms with Gasteiger partial charge in [0.15, 0.2) is 5.84 Å². The minimum Gasteiger partial charge on any atom is -0.360 e. The third-order valence-corrected chi connectivity index (χ3v) is 7.57. The van der Waals surface area contributed by atoms with E-state index in [1.807, 2.05) is 18.7 Å². The van der Waals surface area contributed by atoms with Gasteiger partial charge in [0.2, 0.25) is 0 Å². The summed E-state index contributed by atoms with van der Waals surface area (Å²) in [5.74, 6) is 1.96. The number of aliphatic imine (C=N–C) groups is 3. The fourth-order valence-electron chi connectivity index (χ4n) is 5.48. The van der Waals surface area contributed by atoms with E-state index in [4.69, 9.17) is 19.7 Å². The van der Waals surface area contributed by atoms with Crippen LogP contribution in [0.15, 0.2) is 57.0 Å². The van der Waals surface area contributed by atoms with Gasteiger partial charge in [0.1, 0.15) is 24.1 Å². The first-order valence-electron chi connectivity index (χ1n) is 12.9. The highest BCUT2D eigenvalue weighted by Crippen LogP contribution is 2.38. The van der Waals surface area contributed by atoms with E-state index in [1.54, 1.807) is 6.20 Å². The van der Waals surface area contributed by atoms with Crippen molar-refractivity contribution in [1.82, 2.24) is 19.8 Å². The number of ether oxygens (including phenoxy) is 1. The maximum atomic E-state index is 14.2. The van der Waals surface area contributed by atoms with Crippen LogP contribution in [0.4, 0.5) is 4.39 Å². The van der Waals surface area contributed by atoms with Gasteiger partial charge >= 0.3 is 0 Å². The van der Waals surface area contributed by atoms with E-state index in [9.17, 15) is 4.39 Å². The molecule has 1 atom stereocenters. The van der Waals surface area contributed by atoms with E-state index in [-0.39, 0.29) is 6.73 Å². The lowest BCUT2D eigenvalue weighted by molar-refractivity contribution is 0.0854. The summed E-state index contributed by atoms with van der Waals surface area (Å²) in [5, 5.41) is 0. The summed E-state index contributed by atoms with van der Waals surface area (Å²) in [5.41, 5.74) is 4.99. The maximum Gasteiger partial charge on any atom is 0.160 e. The fourth-order valence-corrected chi connectivity index (χ4v) is 5.48. The van der Waals surface area contributed by atoms with Crippen molar-refractivity contribution in [2.75, 3.05) is 33.0 Å². The van der Waals surface area contributed by atoms with E-state index in [2.05, 4.69) is 40.7 Å². The first kappa shape index (κ1) is 25.4. The van der Waals surface area contributed by atoms with E-state index >= 15 is 0 Å². The van der Waals surface area contributed by atoms with Crippen molar-refractivity contribution < 1.29 is 9.13 Å². The molecule has 0 aromatic carbocycles. The quantitative estimate of drug-likeness (QED) is 0.396. The summed E-state index contributed by atoms with van der Waals surface area (Å²) in [7, 11) is 0. The molecule has 0 aliphatic carbocycles. The number of hydrogen-bond acceptors (Lipinski definition) is 7. The molecule has 2 aromatic heterocycles. The van der Waals surface area contributed by atoms with E-state index < -0.39 is 5.82 Å². The van der Waals surface area contributed by atoms with Crippen molar-refractivity contribution in [3.05, 3.63) is 70.3 Å². The van der Waals surface area contributed by atoms with Gasteiger partial charge in [-0.15, -0.1) is 0 Å². The molecular weight excluding hydrogens is 469 g/mol. The third kappa shape index (κ3) is 5.24. The molecule has 194 valence electrons. The van der Waals surface area contributed by atoms with Gasteiger partial charge in [-0.3, -0.25) is 15.0 Å². The molecule has 8 nitrogen and oxygen atoms in total. The number of fused-ring (bicyclic) bond motifs is 3. The molecule has 0 amide bonds. The largest absolute Gasteiger partial charge is 0.360 e. The summed E-state index contributed by atoms with van der Waals surface area (Å²) in [4.78, 5) is 27.3. The molecule has 3 fully saturated rings. The molecule has 4 aliphatic heterocycles. The monoisotopic (exact) mass is 503 g/mol. The minimum atomic E-state index is -0.427. The van der Waals surface area contributed by atoms with Crippen molar-refractivity contribution in [2.24, 2.45) is 20.9 Å². The molecular formula is C28H34FN7O. The zero-order valence-corrected chi connectivity index (χ0v) is 21.8. The van der Waals surface area contributed by atoms with Gasteiger partial charge in [0.25, 0.3) is 0 Å². The molecule has 6 heterocycles. The Labute approximate surface area is 217 Å². The summed E-state index contributed by atoms with van der Waals surface area (Å²) in [6, 6.07) is 5.77. The molecule has 0 saturated carbocycles. The van der Waals surface area contributed by atoms with Crippen LogP contribution in [0.25, 0.3) is 0 Å². The lowest BCUT2D eigenvalue weighted by atomic mass is 9.77. The Hall–Kier alpha value is -3.30. The molecule has 3 saturated heterocycles. The Morgan fingerprint density at radius 2 is 2.05 bits per heavy atom. The van der Waals surface area contributed by atoms with Gasteiger partial charge in [-0.05, 0) is 77.0 Å². The first-order valence-corrected chi connectivity index (χ1v) is 12.9. The highest BCUT2D eigenvalue weighted by atomic mass is 19.1. The number of amidine groups is 2. The van der Waals surface area contributed by atoms with Crippen LogP contribution in [0.1, 0.15) is 55.1 Å². The van der Waals surface area contributed by atoms with Gasteiger partial charge in [0, 0.05) is 42.2 Å². The molecule has 9 heteroatoms. The lowest BCUT2D eigenvalue weighted by Crippen LogP contribution is -2.46. The Balaban J connectivity index is 1.50. The van der Waals surface area contributed by atoms with Gasteiger partial charge in [-0.2, -0.15) is 0 Å². The number of aromatic nitrogens is 2. The Morgan fingerprint density at radius 3 is 2.70 bits per heavy atom. The second kappa shape index (κ2) is 11.0. The molecule has 2 aromatic rings. The number of piperidine rings is 3. The van der Waals surface area contributed by atoms with Crippen LogP contribution >= 0.6 is 0 Å². The van der Waals surface area contributed by atoms with E-state index in [0.29, 0.717) is 47.7 Å². The van der Waals surface area contributed by atoms with Gasteiger partial charge < -0.3 is 14.5 Å². The van der Waals surface area contributed by atoms with Crippen molar-refractivity contribution in [1.29, 1.82) is 0 Å². The van der Waals surface area contributed by atoms with Gasteiger partial charge in [0.05, 0.1) is 18.4 Å². The number of pyridine rings is 2. The fraction of sp³-hybridized carbons (Fsp3) is 0.464. The Bertz CT molecular complexity index is 1260. The normalized spacial score (nSPS) is 25.5. The number of halogens is 1. The van der Waals surface area contributed by atoms with Crippen molar-refractivity contribution in [3.8, 4) is 0 Å². The highest BCUT2D eigenvalue weighted by Gasteiger charge is 2.36. The summed E-state index contributed by atoms with van der Waals surface area (Å²) in [6.07, 6.45) is 5.31. The zero-order chi connectivity index (χ0) is 25.9. The van der Waals surface area contributed by atoms with Crippen molar-refractivity contribution in [2.45, 2.75) is 46.1 Å². The number of aryl methyl sites for hydroxylation is 1. The topological polar surface area (TPSA) is 78.6 Å². The first-order chi connectivity index (χ1) is 18.0. The molecule has 4 aliphatic rings. The Morgan fingerprint density at radius 1 is 1.24 bits per heavy atom. The average Bonchev–Trinajstić information content (AvgIpc) is 3.28. The second-order valence-corrected chi connectivity index (χ2v) is 9.83. The molecule has 37 heavy (non-hydrogen) atoms. The minimum absolute atomic E-state index is 0.177. The second-order valence-electron chi connectivity index (χ2n) is 9.83. The Kier molecular flexibility index (Phi) is 7.53. The number of allylic oxidation sites excluding steroid dienone is 1. The zero-order valence-electron chi connectivity index (χ0n) is 21.8. The SMILES string of the molecule is C=N/C(C)=C1/N=C(c2cncc(F)c2)N(Cc2ccc(C3CN4CCC3CC4)nc2C)C1=NCOCC. The van der Waals surface area contributed by atoms with Crippen LogP contribution in [-0.2, 0) is 11.3 Å². The highest BCUT2D eigenvalue weighted by molar-refractivity contribution is 6.20. The molecule has 0 spiro atoms. The van der Waals surface area contributed by atoms with E-state index in [0.717, 1.165) is 23.7 Å². The van der Waals surface area contributed by atoms with Crippen LogP contribution in [-0.4, -0.2) is 71.1 Å². The summed E-state index contributed by atoms with van der Waals surface area (Å²) < 4.78 is 19.7. The number of rotatable bonds is 8. The van der Waals surface area contributed by atoms with Gasteiger partial charge in [-0.1, -0.05) is 6.07 Å². The predicted molar refractivity (Wildman–Crippen MR) is 143 cm³/mol. The molecule has 2 bridgehead atoms. The molecule has 0 radical (unpaired) electrons. The van der Waals surface area contributed by atoms with Crippen molar-refractivity contribution in [3.63, 3.8) is 0 Å². The van der Waals surface area contributed by atoms with Crippen LogP contribution < -0.4 is 0 Å². The smallest absolute Gasteiger partial charge is 0.160 e. The summed E-state index contributed by atoms with van der Waals surface area (Å²) >= 11 is 0. The molecule has 0 N–H and O–H groups in total. The summed E-state index contributed by atoms with van der Waals surface area (Å²) in [6.45, 7) is 14.2. The maximum absolute atomic E-state index is 14.2. The van der Waals surface area contributed by atoms with E-state index in [1.165, 1.54) is 43.9 Å². The average molecular weight is 504 g/mol. The lowest BCUT2D eigenvalue weighted by Gasteiger charge is -2.44. The number of nitrogens with zero attached hydrogens (tertiary/aromatic N) is 7. The van der Waals surface area contributed by atoms with Gasteiger partial charge in [-0.25, -0.2) is 14.4 Å². The van der Waals surface area contributed by atoms with Crippen molar-refractivity contribution >= 4 is 18.4 Å². The van der Waals surface area contributed by atoms with Crippen LogP contribution in [0.2, 0.25) is 0 Å². The third-order valence-electron chi connectivity index (χ3n) is 7.57.